The Balaban J connectivity index is 0.718. The van der Waals surface area contributed by atoms with Gasteiger partial charge in [0, 0.05) is 63.2 Å². The van der Waals surface area contributed by atoms with Crippen LogP contribution in [-0.2, 0) is 9.59 Å². The SMILES string of the molecule is N#Cc1ccc(O[C@H]2CC[C@H](NC(=O)c3cnc(N4CCC(CN5CCC6(CCN(c7cc8c(cc7F)C(=O)N(C7CCC(=O)NC7=O)C8=O)C6)C5)CC4)cn3)CC2)cc1Cl. The number of nitrogens with one attached hydrogen (secondary N) is 2. The van der Waals surface area contributed by atoms with Crippen LogP contribution < -0.4 is 25.2 Å². The molecule has 1 spiro atoms. The largest absolute Gasteiger partial charge is 0.490 e. The van der Waals surface area contributed by atoms with Gasteiger partial charge in [0.25, 0.3) is 17.7 Å². The summed E-state index contributed by atoms with van der Waals surface area (Å²) in [5, 5.41) is 14.8. The molecule has 15 nitrogen and oxygen atoms in total. The van der Waals surface area contributed by atoms with Crippen LogP contribution in [-0.4, -0.2) is 113 Å². The first-order chi connectivity index (χ1) is 29.5. The second kappa shape index (κ2) is 16.7. The van der Waals surface area contributed by atoms with E-state index in [1.54, 1.807) is 30.6 Å². The normalized spacial score (nSPS) is 25.9. The third kappa shape index (κ3) is 8.25. The lowest BCUT2D eigenvalue weighted by molar-refractivity contribution is -0.136. The highest BCUT2D eigenvalue weighted by molar-refractivity contribution is 6.31. The highest BCUT2D eigenvalue weighted by Crippen LogP contribution is 2.43. The van der Waals surface area contributed by atoms with Crippen LogP contribution >= 0.6 is 11.6 Å². The van der Waals surface area contributed by atoms with Crippen LogP contribution in [0.3, 0.4) is 0 Å². The summed E-state index contributed by atoms with van der Waals surface area (Å²) in [6.45, 7) is 5.84. The molecular formula is C44H47ClFN9O6. The number of ether oxygens (including phenoxy) is 1. The van der Waals surface area contributed by atoms with Gasteiger partial charge in [0.05, 0.1) is 45.9 Å². The predicted octanol–water partition coefficient (Wildman–Crippen LogP) is 4.48. The molecule has 0 bridgehead atoms. The first-order valence-electron chi connectivity index (χ1n) is 21.2. The van der Waals surface area contributed by atoms with Crippen molar-refractivity contribution >= 4 is 52.6 Å². The van der Waals surface area contributed by atoms with Crippen LogP contribution in [0.2, 0.25) is 5.02 Å². The number of rotatable bonds is 9. The Hall–Kier alpha value is -5.66. The fourth-order valence-electron chi connectivity index (χ4n) is 10.1. The minimum Gasteiger partial charge on any atom is -0.490 e. The molecule has 1 aliphatic carbocycles. The van der Waals surface area contributed by atoms with Crippen LogP contribution in [0.4, 0.5) is 15.9 Å². The van der Waals surface area contributed by atoms with Crippen molar-refractivity contribution in [3.63, 3.8) is 0 Å². The average Bonchev–Trinajstić information content (AvgIpc) is 3.93. The van der Waals surface area contributed by atoms with E-state index < -0.39 is 35.5 Å². The molecule has 61 heavy (non-hydrogen) atoms. The Labute approximate surface area is 357 Å². The van der Waals surface area contributed by atoms with Crippen LogP contribution in [0.5, 0.6) is 5.75 Å². The summed E-state index contributed by atoms with van der Waals surface area (Å²) in [5.41, 5.74) is 1.03. The Kier molecular flexibility index (Phi) is 11.1. The van der Waals surface area contributed by atoms with E-state index in [0.29, 0.717) is 41.0 Å². The lowest BCUT2D eigenvalue weighted by Crippen LogP contribution is -2.54. The van der Waals surface area contributed by atoms with Gasteiger partial charge in [-0.2, -0.15) is 5.26 Å². The third-order valence-electron chi connectivity index (χ3n) is 13.5. The number of nitriles is 1. The van der Waals surface area contributed by atoms with Crippen molar-refractivity contribution in [3.8, 4) is 11.8 Å². The van der Waals surface area contributed by atoms with Gasteiger partial charge < -0.3 is 24.8 Å². The molecule has 6 aliphatic rings. The number of amides is 5. The molecular weight excluding hydrogens is 805 g/mol. The van der Waals surface area contributed by atoms with E-state index in [1.165, 1.54) is 6.07 Å². The number of hydrogen-bond donors (Lipinski definition) is 2. The zero-order valence-corrected chi connectivity index (χ0v) is 34.5. The first-order valence-corrected chi connectivity index (χ1v) is 21.6. The molecule has 5 aliphatic heterocycles. The highest BCUT2D eigenvalue weighted by atomic mass is 35.5. The summed E-state index contributed by atoms with van der Waals surface area (Å²) in [6.07, 6.45) is 10.3. The van der Waals surface area contributed by atoms with Crippen molar-refractivity contribution in [1.29, 1.82) is 5.26 Å². The number of nitrogens with zero attached hydrogens (tertiary/aromatic N) is 7. The molecule has 9 rings (SSSR count). The molecule has 5 fully saturated rings. The van der Waals surface area contributed by atoms with Gasteiger partial charge in [0.15, 0.2) is 0 Å². The number of aromatic nitrogens is 2. The summed E-state index contributed by atoms with van der Waals surface area (Å²) in [6, 6.07) is 8.62. The summed E-state index contributed by atoms with van der Waals surface area (Å²) < 4.78 is 21.7. The van der Waals surface area contributed by atoms with Crippen molar-refractivity contribution in [3.05, 3.63) is 75.9 Å². The molecule has 3 aromatic rings. The molecule has 2 atom stereocenters. The van der Waals surface area contributed by atoms with Crippen LogP contribution in [0, 0.1) is 28.5 Å². The first kappa shape index (κ1) is 40.7. The maximum Gasteiger partial charge on any atom is 0.271 e. The molecule has 2 unspecified atom stereocenters. The van der Waals surface area contributed by atoms with E-state index in [0.717, 1.165) is 101 Å². The molecule has 1 saturated carbocycles. The van der Waals surface area contributed by atoms with Gasteiger partial charge in [0.1, 0.15) is 35.2 Å². The monoisotopic (exact) mass is 851 g/mol. The zero-order chi connectivity index (χ0) is 42.4. The van der Waals surface area contributed by atoms with E-state index in [-0.39, 0.29) is 53.1 Å². The minimum atomic E-state index is -1.10. The van der Waals surface area contributed by atoms with Gasteiger partial charge in [-0.15, -0.1) is 0 Å². The maximum atomic E-state index is 15.6. The van der Waals surface area contributed by atoms with E-state index in [4.69, 9.17) is 21.6 Å². The fraction of sp³-hybridized carbons (Fsp3) is 0.500. The van der Waals surface area contributed by atoms with E-state index in [2.05, 4.69) is 30.4 Å². The van der Waals surface area contributed by atoms with Gasteiger partial charge in [-0.3, -0.25) is 34.2 Å². The molecule has 2 N–H and O–H groups in total. The van der Waals surface area contributed by atoms with Crippen molar-refractivity contribution < 1.29 is 33.1 Å². The van der Waals surface area contributed by atoms with Crippen molar-refractivity contribution in [2.45, 2.75) is 82.4 Å². The standard InChI is InChI=1S/C44H47ClFN9O6/c45-33-17-30(4-1-27(33)20-47)61-29-5-2-28(3-6-29)50-40(57)35-21-49-38(22-48-35)53-13-9-26(10-14-53)23-52-15-11-44(24-52)12-16-54(25-44)37-19-32-31(18-34(37)46)42(59)55(43(32)60)36-7-8-39(56)51-41(36)58/h1,4,17-19,21-22,26,28-29,36H,2-3,5-16,23-25H2,(H,50,57)(H,51,56,58)/t28-,29-,36?,44?. The number of anilines is 2. The molecule has 1 aromatic heterocycles. The molecule has 318 valence electrons. The molecule has 6 heterocycles. The van der Waals surface area contributed by atoms with Gasteiger partial charge in [-0.05, 0) is 94.5 Å². The molecule has 17 heteroatoms. The van der Waals surface area contributed by atoms with Crippen LogP contribution in [0.1, 0.15) is 101 Å². The van der Waals surface area contributed by atoms with Gasteiger partial charge in [-0.25, -0.2) is 14.4 Å². The third-order valence-corrected chi connectivity index (χ3v) is 13.8. The van der Waals surface area contributed by atoms with E-state index in [9.17, 15) is 24.0 Å². The highest BCUT2D eigenvalue weighted by Gasteiger charge is 2.47. The quantitative estimate of drug-likeness (QED) is 0.289. The smallest absolute Gasteiger partial charge is 0.271 e. The number of likely N-dealkylation sites (tertiary alicyclic amines) is 1. The summed E-state index contributed by atoms with van der Waals surface area (Å²) in [7, 11) is 0. The van der Waals surface area contributed by atoms with E-state index in [1.807, 2.05) is 11.0 Å². The number of benzene rings is 2. The van der Waals surface area contributed by atoms with Crippen molar-refractivity contribution in [2.24, 2.45) is 11.3 Å². The molecule has 2 aromatic carbocycles. The Bertz CT molecular complexity index is 2310. The minimum absolute atomic E-state index is 0.00455. The van der Waals surface area contributed by atoms with Gasteiger partial charge in [0.2, 0.25) is 11.8 Å². The molecule has 5 amide bonds. The zero-order valence-electron chi connectivity index (χ0n) is 33.7. The van der Waals surface area contributed by atoms with Gasteiger partial charge in [-0.1, -0.05) is 11.6 Å². The second-order valence-corrected chi connectivity index (χ2v) is 17.9. The molecule has 0 radical (unpaired) electrons. The lowest BCUT2D eigenvalue weighted by Gasteiger charge is -2.35. The maximum absolute atomic E-state index is 15.6. The van der Waals surface area contributed by atoms with Crippen molar-refractivity contribution in [1.82, 2.24) is 30.4 Å². The van der Waals surface area contributed by atoms with Crippen LogP contribution in [0.25, 0.3) is 0 Å². The number of fused-ring (bicyclic) bond motifs is 1. The topological polar surface area (TPSA) is 181 Å². The second-order valence-electron chi connectivity index (χ2n) is 17.5. The fourth-order valence-corrected chi connectivity index (χ4v) is 10.3. The average molecular weight is 852 g/mol. The van der Waals surface area contributed by atoms with Gasteiger partial charge >= 0.3 is 0 Å². The lowest BCUT2D eigenvalue weighted by atomic mass is 9.86. The summed E-state index contributed by atoms with van der Waals surface area (Å²) in [5.74, 6) is -1.39. The summed E-state index contributed by atoms with van der Waals surface area (Å²) >= 11 is 6.15. The van der Waals surface area contributed by atoms with Crippen LogP contribution in [0.15, 0.2) is 42.7 Å². The predicted molar refractivity (Wildman–Crippen MR) is 221 cm³/mol. The number of piperidine rings is 2. The number of hydrogen-bond acceptors (Lipinski definition) is 12. The number of carbonyl (C=O) groups is 5. The molecule has 4 saturated heterocycles. The Morgan fingerprint density at radius 2 is 1.67 bits per heavy atom. The number of halogens is 2. The van der Waals surface area contributed by atoms with E-state index >= 15 is 4.39 Å². The summed E-state index contributed by atoms with van der Waals surface area (Å²) in [4.78, 5) is 80.5. The Morgan fingerprint density at radius 3 is 2.38 bits per heavy atom. The van der Waals surface area contributed by atoms with Crippen molar-refractivity contribution in [2.75, 3.05) is 55.6 Å². The number of carbonyl (C=O) groups excluding carboxylic acids is 5. The number of imide groups is 2. The Morgan fingerprint density at radius 1 is 0.918 bits per heavy atom.